The van der Waals surface area contributed by atoms with Gasteiger partial charge in [0.2, 0.25) is 4.77 Å². The summed E-state index contributed by atoms with van der Waals surface area (Å²) in [4.78, 5) is 3.54. The molecule has 0 amide bonds. The molecule has 4 N–H and O–H groups in total. The van der Waals surface area contributed by atoms with Crippen LogP contribution in [0, 0.1) is 4.77 Å². The van der Waals surface area contributed by atoms with Crippen molar-refractivity contribution < 1.29 is 32.5 Å². The molecule has 2 heterocycles. The van der Waals surface area contributed by atoms with E-state index in [1.54, 1.807) is 0 Å². The van der Waals surface area contributed by atoms with Crippen LogP contribution in [0.4, 0.5) is 23.4 Å². The molecule has 0 radical (unpaired) electrons. The Kier molecular flexibility index (Phi) is 3.95. The summed E-state index contributed by atoms with van der Waals surface area (Å²) in [6, 6.07) is 1.11. The van der Waals surface area contributed by atoms with Crippen LogP contribution in [-0.4, -0.2) is 50.4 Å². The molecule has 4 atom stereocenters. The number of nitrogens with two attached hydrogens (primary N) is 1. The number of rotatable bonds is 2. The third-order valence-corrected chi connectivity index (χ3v) is 3.47. The quantitative estimate of drug-likeness (QED) is 0.547. The summed E-state index contributed by atoms with van der Waals surface area (Å²) in [6.07, 6.45) is -11.1. The lowest BCUT2D eigenvalue weighted by atomic mass is 9.95. The summed E-state index contributed by atoms with van der Waals surface area (Å²) in [5.74, 6) is -0.0648. The Morgan fingerprint density at radius 2 is 2.14 bits per heavy atom. The second kappa shape index (κ2) is 5.16. The fourth-order valence-corrected chi connectivity index (χ4v) is 2.34. The average Bonchev–Trinajstić information content (AvgIpc) is 2.63. The zero-order valence-electron chi connectivity index (χ0n) is 10.3. The number of alkyl halides is 4. The van der Waals surface area contributed by atoms with Crippen LogP contribution in [0.25, 0.3) is 0 Å². The molecular formula is C10H11F4N3O3S. The zero-order chi connectivity index (χ0) is 16.0. The highest BCUT2D eigenvalue weighted by atomic mass is 32.1. The lowest BCUT2D eigenvalue weighted by Gasteiger charge is -2.31. The van der Waals surface area contributed by atoms with E-state index in [4.69, 9.17) is 27.8 Å². The summed E-state index contributed by atoms with van der Waals surface area (Å²) >= 11 is 4.73. The second-order valence-corrected chi connectivity index (χ2v) is 4.83. The van der Waals surface area contributed by atoms with E-state index in [-0.39, 0.29) is 5.82 Å². The average molecular weight is 329 g/mol. The van der Waals surface area contributed by atoms with E-state index in [9.17, 15) is 22.7 Å². The molecule has 0 aliphatic carbocycles. The minimum absolute atomic E-state index is 0.0648. The molecule has 0 bridgehead atoms. The van der Waals surface area contributed by atoms with Crippen LogP contribution < -0.4 is 5.73 Å². The molecule has 1 aliphatic heterocycles. The van der Waals surface area contributed by atoms with Gasteiger partial charge in [0.25, 0.3) is 5.67 Å². The molecule has 1 saturated heterocycles. The normalized spacial score (nSPS) is 33.3. The van der Waals surface area contributed by atoms with E-state index in [0.717, 1.165) is 12.3 Å². The van der Waals surface area contributed by atoms with Crippen molar-refractivity contribution in [1.82, 2.24) is 9.55 Å². The van der Waals surface area contributed by atoms with E-state index in [0.29, 0.717) is 4.57 Å². The lowest BCUT2D eigenvalue weighted by molar-refractivity contribution is -0.273. The molecule has 0 spiro atoms. The molecule has 1 aromatic rings. The zero-order valence-corrected chi connectivity index (χ0v) is 11.1. The number of aliphatic hydroxyl groups is 2. The van der Waals surface area contributed by atoms with E-state index < -0.39 is 41.7 Å². The molecule has 11 heteroatoms. The van der Waals surface area contributed by atoms with Gasteiger partial charge in [-0.2, -0.15) is 13.2 Å². The Labute approximate surface area is 120 Å². The molecule has 6 nitrogen and oxygen atoms in total. The fraction of sp³-hybridized carbons (Fsp3) is 0.600. The van der Waals surface area contributed by atoms with Crippen molar-refractivity contribution in [2.24, 2.45) is 0 Å². The van der Waals surface area contributed by atoms with Gasteiger partial charge >= 0.3 is 6.18 Å². The molecule has 1 aliphatic rings. The molecule has 1 aromatic heterocycles. The minimum atomic E-state index is -5.45. The third-order valence-electron chi connectivity index (χ3n) is 3.16. The summed E-state index contributed by atoms with van der Waals surface area (Å²) in [5.41, 5.74) is 1.18. The maximum atomic E-state index is 14.5. The lowest BCUT2D eigenvalue weighted by Crippen LogP contribution is -2.54. The molecule has 1 unspecified atom stereocenters. The number of aromatic nitrogens is 2. The van der Waals surface area contributed by atoms with Crippen molar-refractivity contribution in [3.05, 3.63) is 17.0 Å². The van der Waals surface area contributed by atoms with Gasteiger partial charge in [0.15, 0.2) is 6.23 Å². The highest BCUT2D eigenvalue weighted by Gasteiger charge is 2.72. The number of aliphatic hydroxyl groups excluding tert-OH is 2. The Bertz CT molecular complexity index is 596. The summed E-state index contributed by atoms with van der Waals surface area (Å²) in [5, 5.41) is 18.5. The number of nitrogen functional groups attached to an aromatic ring is 1. The number of halogens is 4. The predicted molar refractivity (Wildman–Crippen MR) is 64.4 cm³/mol. The summed E-state index contributed by atoms with van der Waals surface area (Å²) < 4.78 is 58.7. The Hall–Kier alpha value is -1.30. The van der Waals surface area contributed by atoms with Gasteiger partial charge in [0.05, 0.1) is 6.61 Å². The number of anilines is 1. The number of hydrogen-bond donors (Lipinski definition) is 3. The first-order valence-electron chi connectivity index (χ1n) is 5.67. The van der Waals surface area contributed by atoms with Gasteiger partial charge < -0.3 is 20.7 Å². The summed E-state index contributed by atoms with van der Waals surface area (Å²) in [6.45, 7) is -0.991. The SMILES string of the molecule is Nc1ccn([C@@H]2O[C@H](CO)C(O)[C@]2(F)C(F)(F)F)c(=S)n1. The van der Waals surface area contributed by atoms with E-state index in [2.05, 4.69) is 4.98 Å². The minimum Gasteiger partial charge on any atom is -0.394 e. The highest BCUT2D eigenvalue weighted by molar-refractivity contribution is 7.71. The van der Waals surface area contributed by atoms with E-state index in [1.807, 2.05) is 0 Å². The van der Waals surface area contributed by atoms with Crippen LogP contribution in [-0.2, 0) is 4.74 Å². The number of ether oxygens (including phenoxy) is 1. The van der Waals surface area contributed by atoms with Crippen LogP contribution >= 0.6 is 12.2 Å². The maximum Gasteiger partial charge on any atom is 0.429 e. The molecule has 1 fully saturated rings. The second-order valence-electron chi connectivity index (χ2n) is 4.46. The van der Waals surface area contributed by atoms with Crippen molar-refractivity contribution in [3.63, 3.8) is 0 Å². The first kappa shape index (κ1) is 16.1. The Morgan fingerprint density at radius 3 is 2.62 bits per heavy atom. The van der Waals surface area contributed by atoms with Gasteiger partial charge in [-0.25, -0.2) is 9.37 Å². The van der Waals surface area contributed by atoms with Gasteiger partial charge in [0, 0.05) is 6.20 Å². The van der Waals surface area contributed by atoms with Gasteiger partial charge in [-0.3, -0.25) is 4.57 Å². The summed E-state index contributed by atoms with van der Waals surface area (Å²) in [7, 11) is 0. The Balaban J connectivity index is 2.57. The van der Waals surface area contributed by atoms with Crippen LogP contribution in [0.3, 0.4) is 0 Å². The van der Waals surface area contributed by atoms with E-state index >= 15 is 0 Å². The van der Waals surface area contributed by atoms with Gasteiger partial charge in [-0.1, -0.05) is 0 Å². The first-order valence-corrected chi connectivity index (χ1v) is 6.08. The number of nitrogens with zero attached hydrogens (tertiary/aromatic N) is 2. The number of hydrogen-bond acceptors (Lipinski definition) is 6. The first-order chi connectivity index (χ1) is 9.62. The molecule has 2 rings (SSSR count). The molecule has 21 heavy (non-hydrogen) atoms. The smallest absolute Gasteiger partial charge is 0.394 e. The van der Waals surface area contributed by atoms with Gasteiger partial charge in [-0.05, 0) is 18.3 Å². The third kappa shape index (κ3) is 2.39. The fourth-order valence-electron chi connectivity index (χ4n) is 2.08. The standard InChI is InChI=1S/C10H11F4N3O3S/c11-9(10(12,13)14)6(19)4(3-18)20-7(9)17-2-1-5(15)16-8(17)21/h1-2,4,6-7,18-19H,3H2,(H2,15,16,21)/t4-,6?,7-,9-/m1/s1. The van der Waals surface area contributed by atoms with Gasteiger partial charge in [0.1, 0.15) is 18.0 Å². The van der Waals surface area contributed by atoms with Crippen molar-refractivity contribution in [2.45, 2.75) is 30.3 Å². The monoisotopic (exact) mass is 329 g/mol. The van der Waals surface area contributed by atoms with Crippen molar-refractivity contribution in [1.29, 1.82) is 0 Å². The largest absolute Gasteiger partial charge is 0.429 e. The van der Waals surface area contributed by atoms with Crippen molar-refractivity contribution in [3.8, 4) is 0 Å². The Morgan fingerprint density at radius 1 is 1.52 bits per heavy atom. The maximum absolute atomic E-state index is 14.5. The van der Waals surface area contributed by atoms with Crippen molar-refractivity contribution in [2.75, 3.05) is 12.3 Å². The highest BCUT2D eigenvalue weighted by Crippen LogP contribution is 2.51. The molecule has 0 aromatic carbocycles. The van der Waals surface area contributed by atoms with Crippen molar-refractivity contribution >= 4 is 18.0 Å². The van der Waals surface area contributed by atoms with E-state index in [1.165, 1.54) is 0 Å². The van der Waals surface area contributed by atoms with Gasteiger partial charge in [-0.15, -0.1) is 0 Å². The van der Waals surface area contributed by atoms with Crippen LogP contribution in [0.1, 0.15) is 6.23 Å². The van der Waals surface area contributed by atoms with Crippen LogP contribution in [0.2, 0.25) is 0 Å². The molecule has 0 saturated carbocycles. The molecule has 118 valence electrons. The topological polar surface area (TPSA) is 93.5 Å². The van der Waals surface area contributed by atoms with Crippen LogP contribution in [0.15, 0.2) is 12.3 Å². The van der Waals surface area contributed by atoms with Crippen LogP contribution in [0.5, 0.6) is 0 Å². The predicted octanol–water partition coefficient (Wildman–Crippen LogP) is 0.716. The molecular weight excluding hydrogens is 318 g/mol.